The van der Waals surface area contributed by atoms with E-state index in [1.54, 1.807) is 0 Å². The topological polar surface area (TPSA) is 41.5 Å². The van der Waals surface area contributed by atoms with Crippen molar-refractivity contribution in [3.63, 3.8) is 0 Å². The predicted octanol–water partition coefficient (Wildman–Crippen LogP) is 3.45. The van der Waals surface area contributed by atoms with Crippen LogP contribution in [-0.2, 0) is 13.2 Å². The number of ether oxygens (including phenoxy) is 1. The average Bonchev–Trinajstić information content (AvgIpc) is 2.42. The smallest absolute Gasteiger partial charge is 0.133 e. The zero-order valence-electron chi connectivity index (χ0n) is 10.7. The first-order valence-corrected chi connectivity index (χ1v) is 6.83. The van der Waals surface area contributed by atoms with Crippen LogP contribution in [0.3, 0.4) is 0 Å². The fourth-order valence-corrected chi connectivity index (χ4v) is 2.15. The van der Waals surface area contributed by atoms with Crippen LogP contribution in [0.25, 0.3) is 0 Å². The summed E-state index contributed by atoms with van der Waals surface area (Å²) in [4.78, 5) is 0. The molecule has 2 N–H and O–H groups in total. The Morgan fingerprint density at radius 3 is 2.63 bits per heavy atom. The first kappa shape index (κ1) is 14.1. The monoisotopic (exact) mass is 321 g/mol. The molecule has 0 radical (unpaired) electrons. The van der Waals surface area contributed by atoms with E-state index in [0.717, 1.165) is 27.9 Å². The van der Waals surface area contributed by atoms with Gasteiger partial charge in [-0.25, -0.2) is 0 Å². The molecule has 0 spiro atoms. The van der Waals surface area contributed by atoms with Gasteiger partial charge in [-0.1, -0.05) is 40.2 Å². The zero-order valence-corrected chi connectivity index (χ0v) is 12.3. The van der Waals surface area contributed by atoms with Crippen molar-refractivity contribution >= 4 is 15.9 Å². The van der Waals surface area contributed by atoms with Crippen LogP contribution in [0.5, 0.6) is 11.5 Å². The minimum absolute atomic E-state index is 0.0362. The fourth-order valence-electron chi connectivity index (χ4n) is 1.81. The molecule has 0 aliphatic heterocycles. The minimum atomic E-state index is -0.0362. The van der Waals surface area contributed by atoms with Gasteiger partial charge in [-0.05, 0) is 25.2 Å². The van der Waals surface area contributed by atoms with Crippen molar-refractivity contribution in [1.29, 1.82) is 0 Å². The zero-order chi connectivity index (χ0) is 13.7. The summed E-state index contributed by atoms with van der Waals surface area (Å²) in [5.41, 5.74) is 1.84. The number of para-hydroxylation sites is 1. The molecule has 2 aromatic rings. The summed E-state index contributed by atoms with van der Waals surface area (Å²) in [6.07, 6.45) is 0. The van der Waals surface area contributed by atoms with Gasteiger partial charge in [0.1, 0.15) is 11.5 Å². The van der Waals surface area contributed by atoms with E-state index >= 15 is 0 Å². The van der Waals surface area contributed by atoms with E-state index in [0.29, 0.717) is 5.75 Å². The van der Waals surface area contributed by atoms with Gasteiger partial charge in [0.05, 0.1) is 6.61 Å². The standard InChI is InChI=1S/C15H16BrNO2/c1-17-9-11-6-7-13(16)8-15(11)19-14-5-3-2-4-12(14)10-18/h2-8,17-18H,9-10H2,1H3. The van der Waals surface area contributed by atoms with Crippen molar-refractivity contribution in [3.05, 3.63) is 58.1 Å². The molecule has 0 amide bonds. The molecule has 0 saturated heterocycles. The van der Waals surface area contributed by atoms with Crippen molar-refractivity contribution in [2.75, 3.05) is 7.05 Å². The van der Waals surface area contributed by atoms with Gasteiger partial charge in [0.2, 0.25) is 0 Å². The number of aliphatic hydroxyl groups is 1. The molecule has 0 aliphatic rings. The number of benzene rings is 2. The van der Waals surface area contributed by atoms with E-state index in [1.165, 1.54) is 0 Å². The van der Waals surface area contributed by atoms with Crippen LogP contribution >= 0.6 is 15.9 Å². The number of halogens is 1. The SMILES string of the molecule is CNCc1ccc(Br)cc1Oc1ccccc1CO. The van der Waals surface area contributed by atoms with Gasteiger partial charge in [0.25, 0.3) is 0 Å². The van der Waals surface area contributed by atoms with Crippen molar-refractivity contribution < 1.29 is 9.84 Å². The minimum Gasteiger partial charge on any atom is -0.457 e. The van der Waals surface area contributed by atoms with E-state index in [4.69, 9.17) is 4.74 Å². The highest BCUT2D eigenvalue weighted by molar-refractivity contribution is 9.10. The van der Waals surface area contributed by atoms with E-state index in [2.05, 4.69) is 21.2 Å². The van der Waals surface area contributed by atoms with Crippen LogP contribution in [0.15, 0.2) is 46.9 Å². The molecule has 19 heavy (non-hydrogen) atoms. The Morgan fingerprint density at radius 1 is 1.11 bits per heavy atom. The molecule has 100 valence electrons. The van der Waals surface area contributed by atoms with Gasteiger partial charge in [-0.2, -0.15) is 0 Å². The third-order valence-corrected chi connectivity index (χ3v) is 3.25. The number of rotatable bonds is 5. The van der Waals surface area contributed by atoms with Crippen LogP contribution < -0.4 is 10.1 Å². The summed E-state index contributed by atoms with van der Waals surface area (Å²) in [6, 6.07) is 13.4. The molecular weight excluding hydrogens is 306 g/mol. The molecular formula is C15H16BrNO2. The lowest BCUT2D eigenvalue weighted by atomic mass is 10.2. The summed E-state index contributed by atoms with van der Waals surface area (Å²) in [5.74, 6) is 1.46. The van der Waals surface area contributed by atoms with Crippen LogP contribution in [0.2, 0.25) is 0 Å². The lowest BCUT2D eigenvalue weighted by molar-refractivity contribution is 0.276. The van der Waals surface area contributed by atoms with Gasteiger partial charge in [0, 0.05) is 22.1 Å². The second-order valence-electron chi connectivity index (χ2n) is 4.15. The first-order valence-electron chi connectivity index (χ1n) is 6.04. The molecule has 0 unspecified atom stereocenters. The number of aliphatic hydroxyl groups excluding tert-OH is 1. The predicted molar refractivity (Wildman–Crippen MR) is 79.3 cm³/mol. The van der Waals surface area contributed by atoms with Crippen molar-refractivity contribution in [3.8, 4) is 11.5 Å². The Balaban J connectivity index is 2.34. The van der Waals surface area contributed by atoms with E-state index < -0.39 is 0 Å². The molecule has 0 atom stereocenters. The van der Waals surface area contributed by atoms with E-state index in [9.17, 15) is 5.11 Å². The maximum Gasteiger partial charge on any atom is 0.133 e. The largest absolute Gasteiger partial charge is 0.457 e. The van der Waals surface area contributed by atoms with Crippen molar-refractivity contribution in [2.24, 2.45) is 0 Å². The second kappa shape index (κ2) is 6.70. The molecule has 4 heteroatoms. The Bertz CT molecular complexity index is 558. The molecule has 2 aromatic carbocycles. The van der Waals surface area contributed by atoms with Crippen LogP contribution in [-0.4, -0.2) is 12.2 Å². The van der Waals surface area contributed by atoms with E-state index in [-0.39, 0.29) is 6.61 Å². The number of hydrogen-bond acceptors (Lipinski definition) is 3. The summed E-state index contributed by atoms with van der Waals surface area (Å²) >= 11 is 3.45. The molecule has 0 fully saturated rings. The highest BCUT2D eigenvalue weighted by Gasteiger charge is 2.08. The molecule has 3 nitrogen and oxygen atoms in total. The summed E-state index contributed by atoms with van der Waals surface area (Å²) < 4.78 is 6.90. The Kier molecular flexibility index (Phi) is 4.96. The molecule has 0 heterocycles. The lowest BCUT2D eigenvalue weighted by Gasteiger charge is -2.13. The lowest BCUT2D eigenvalue weighted by Crippen LogP contribution is -2.06. The molecule has 0 aliphatic carbocycles. The maximum atomic E-state index is 9.32. The molecule has 0 aromatic heterocycles. The van der Waals surface area contributed by atoms with Gasteiger partial charge in [-0.15, -0.1) is 0 Å². The fraction of sp³-hybridized carbons (Fsp3) is 0.200. The number of hydrogen-bond donors (Lipinski definition) is 2. The van der Waals surface area contributed by atoms with Gasteiger partial charge >= 0.3 is 0 Å². The third-order valence-electron chi connectivity index (χ3n) is 2.76. The Labute approximate surface area is 121 Å². The third kappa shape index (κ3) is 3.56. The quantitative estimate of drug-likeness (QED) is 0.886. The molecule has 0 saturated carbocycles. The Hall–Kier alpha value is -1.36. The molecule has 0 bridgehead atoms. The van der Waals surface area contributed by atoms with Crippen molar-refractivity contribution in [2.45, 2.75) is 13.2 Å². The van der Waals surface area contributed by atoms with Gasteiger partial charge < -0.3 is 15.2 Å². The molecule has 2 rings (SSSR count). The van der Waals surface area contributed by atoms with E-state index in [1.807, 2.05) is 49.5 Å². The summed E-state index contributed by atoms with van der Waals surface area (Å²) in [6.45, 7) is 0.690. The Morgan fingerprint density at radius 2 is 1.89 bits per heavy atom. The van der Waals surface area contributed by atoms with Gasteiger partial charge in [0.15, 0.2) is 0 Å². The van der Waals surface area contributed by atoms with Gasteiger partial charge in [-0.3, -0.25) is 0 Å². The highest BCUT2D eigenvalue weighted by atomic mass is 79.9. The number of nitrogens with one attached hydrogen (secondary N) is 1. The summed E-state index contributed by atoms with van der Waals surface area (Å²) in [7, 11) is 1.90. The second-order valence-corrected chi connectivity index (χ2v) is 5.07. The highest BCUT2D eigenvalue weighted by Crippen LogP contribution is 2.30. The normalized spacial score (nSPS) is 10.5. The maximum absolute atomic E-state index is 9.32. The van der Waals surface area contributed by atoms with Crippen LogP contribution in [0.4, 0.5) is 0 Å². The summed E-state index contributed by atoms with van der Waals surface area (Å²) in [5, 5.41) is 12.4. The van der Waals surface area contributed by atoms with Crippen molar-refractivity contribution in [1.82, 2.24) is 5.32 Å². The average molecular weight is 322 g/mol. The first-order chi connectivity index (χ1) is 9.24. The van der Waals surface area contributed by atoms with Crippen LogP contribution in [0.1, 0.15) is 11.1 Å². The van der Waals surface area contributed by atoms with Crippen LogP contribution in [0, 0.1) is 0 Å².